The number of carbonyl (C=O) groups is 1. The van der Waals surface area contributed by atoms with Gasteiger partial charge in [-0.3, -0.25) is 20.6 Å². The molecule has 6 nitrogen and oxygen atoms in total. The van der Waals surface area contributed by atoms with Gasteiger partial charge in [0, 0.05) is 29.0 Å². The van der Waals surface area contributed by atoms with Gasteiger partial charge in [-0.2, -0.15) is 0 Å². The van der Waals surface area contributed by atoms with E-state index in [2.05, 4.69) is 33.1 Å². The Morgan fingerprint density at radius 2 is 1.71 bits per heavy atom. The molecule has 31 heavy (non-hydrogen) atoms. The summed E-state index contributed by atoms with van der Waals surface area (Å²) in [5.41, 5.74) is 10.4. The summed E-state index contributed by atoms with van der Waals surface area (Å²) >= 11 is 5.31. The molecule has 0 bridgehead atoms. The Balaban J connectivity index is 1.52. The van der Waals surface area contributed by atoms with Gasteiger partial charge in [0.25, 0.3) is 5.91 Å². The molecule has 0 saturated carbocycles. The molecule has 2 aromatic heterocycles. The maximum atomic E-state index is 13.0. The minimum atomic E-state index is -0.306. The van der Waals surface area contributed by atoms with Crippen LogP contribution in [0.5, 0.6) is 0 Å². The zero-order chi connectivity index (χ0) is 21.6. The van der Waals surface area contributed by atoms with E-state index in [1.165, 1.54) is 5.56 Å². The summed E-state index contributed by atoms with van der Waals surface area (Å²) in [7, 11) is 0. The quantitative estimate of drug-likeness (QED) is 0.329. The summed E-state index contributed by atoms with van der Waals surface area (Å²) in [4.78, 5) is 21.7. The summed E-state index contributed by atoms with van der Waals surface area (Å²) in [6, 6.07) is 21.0. The van der Waals surface area contributed by atoms with E-state index < -0.39 is 0 Å². The predicted octanol–water partition coefficient (Wildman–Crippen LogP) is 4.49. The average molecular weight is 428 g/mol. The minimum Gasteiger partial charge on any atom is -0.331 e. The lowest BCUT2D eigenvalue weighted by atomic mass is 10.0. The first-order valence-corrected chi connectivity index (χ1v) is 10.3. The fourth-order valence-corrected chi connectivity index (χ4v) is 3.37. The van der Waals surface area contributed by atoms with Crippen LogP contribution < -0.4 is 16.2 Å². The Labute approximate surface area is 185 Å². The molecule has 3 N–H and O–H groups in total. The molecule has 0 unspecified atom stereocenters. The number of hydrogen-bond donors (Lipinski definition) is 3. The van der Waals surface area contributed by atoms with E-state index in [0.717, 1.165) is 28.6 Å². The molecule has 4 aromatic rings. The number of para-hydroxylation sites is 1. The van der Waals surface area contributed by atoms with Crippen LogP contribution in [0.3, 0.4) is 0 Å². The number of aromatic nitrogens is 2. The maximum absolute atomic E-state index is 13.0. The first kappa shape index (κ1) is 20.4. The molecule has 0 fully saturated rings. The van der Waals surface area contributed by atoms with Crippen molar-refractivity contribution in [3.63, 3.8) is 0 Å². The van der Waals surface area contributed by atoms with Crippen LogP contribution in [0.25, 0.3) is 22.2 Å². The van der Waals surface area contributed by atoms with Crippen LogP contribution in [0.4, 0.5) is 5.69 Å². The lowest BCUT2D eigenvalue weighted by Crippen LogP contribution is -2.43. The third-order valence-electron chi connectivity index (χ3n) is 4.85. The molecule has 0 saturated heterocycles. The fourth-order valence-electron chi connectivity index (χ4n) is 3.20. The Bertz CT molecular complexity index is 1230. The molecule has 154 valence electrons. The summed E-state index contributed by atoms with van der Waals surface area (Å²) in [5.74, 6) is -0.306. The van der Waals surface area contributed by atoms with E-state index in [1.807, 2.05) is 60.7 Å². The van der Waals surface area contributed by atoms with Crippen molar-refractivity contribution >= 4 is 39.8 Å². The first-order chi connectivity index (χ1) is 15.1. The van der Waals surface area contributed by atoms with Crippen molar-refractivity contribution in [3.8, 4) is 11.3 Å². The van der Waals surface area contributed by atoms with E-state index in [1.54, 1.807) is 18.5 Å². The molecule has 1 amide bonds. The lowest BCUT2D eigenvalue weighted by Gasteiger charge is -2.14. The molecule has 0 spiro atoms. The molecular weight excluding hydrogens is 406 g/mol. The van der Waals surface area contributed by atoms with Gasteiger partial charge in [-0.05, 0) is 60.6 Å². The summed E-state index contributed by atoms with van der Waals surface area (Å²) in [6.07, 6.45) is 4.37. The van der Waals surface area contributed by atoms with Gasteiger partial charge in [0.1, 0.15) is 0 Å². The molecule has 0 aliphatic rings. The second-order valence-electron chi connectivity index (χ2n) is 6.89. The standard InChI is InChI=1S/C24H21N5OS/c1-2-16-7-9-18(10-8-16)26-24(31)29-28-23(30)20-15-22(17-11-13-25-14-12-17)27-21-6-4-3-5-19(20)21/h3-15H,2H2,1H3,(H,28,30)(H2,26,29,31). The van der Waals surface area contributed by atoms with Crippen LogP contribution in [0.15, 0.2) is 79.1 Å². The number of nitrogens with zero attached hydrogens (tertiary/aromatic N) is 2. The molecule has 0 radical (unpaired) electrons. The molecule has 2 aromatic carbocycles. The zero-order valence-corrected chi connectivity index (χ0v) is 17.7. The Morgan fingerprint density at radius 3 is 2.45 bits per heavy atom. The van der Waals surface area contributed by atoms with Gasteiger partial charge < -0.3 is 5.32 Å². The van der Waals surface area contributed by atoms with Crippen molar-refractivity contribution < 1.29 is 4.79 Å². The van der Waals surface area contributed by atoms with Gasteiger partial charge in [0.05, 0.1) is 16.8 Å². The molecule has 2 heterocycles. The normalized spacial score (nSPS) is 10.5. The molecule has 0 atom stereocenters. The highest BCUT2D eigenvalue weighted by atomic mass is 32.1. The number of nitrogens with one attached hydrogen (secondary N) is 3. The van der Waals surface area contributed by atoms with Crippen molar-refractivity contribution in [2.24, 2.45) is 0 Å². The highest BCUT2D eigenvalue weighted by molar-refractivity contribution is 7.80. The monoisotopic (exact) mass is 427 g/mol. The van der Waals surface area contributed by atoms with Gasteiger partial charge in [-0.25, -0.2) is 4.98 Å². The molecule has 7 heteroatoms. The summed E-state index contributed by atoms with van der Waals surface area (Å²) < 4.78 is 0. The van der Waals surface area contributed by atoms with Gasteiger partial charge >= 0.3 is 0 Å². The van der Waals surface area contributed by atoms with Crippen molar-refractivity contribution in [1.82, 2.24) is 20.8 Å². The number of rotatable bonds is 4. The molecule has 0 aliphatic carbocycles. The smallest absolute Gasteiger partial charge is 0.270 e. The number of hydrazine groups is 1. The number of carbonyl (C=O) groups excluding carboxylic acids is 1. The number of pyridine rings is 2. The van der Waals surface area contributed by atoms with Crippen LogP contribution in [0.2, 0.25) is 0 Å². The zero-order valence-electron chi connectivity index (χ0n) is 16.9. The molecular formula is C24H21N5OS. The SMILES string of the molecule is CCc1ccc(NC(=S)NNC(=O)c2cc(-c3ccncc3)nc3ccccc23)cc1. The third-order valence-corrected chi connectivity index (χ3v) is 5.05. The number of aryl methyl sites for hydroxylation is 1. The summed E-state index contributed by atoms with van der Waals surface area (Å²) in [5, 5.41) is 4.12. The minimum absolute atomic E-state index is 0.297. The first-order valence-electron chi connectivity index (χ1n) is 9.90. The number of benzene rings is 2. The van der Waals surface area contributed by atoms with E-state index in [-0.39, 0.29) is 5.91 Å². The van der Waals surface area contributed by atoms with Crippen molar-refractivity contribution in [2.45, 2.75) is 13.3 Å². The number of amides is 1. The van der Waals surface area contributed by atoms with E-state index >= 15 is 0 Å². The topological polar surface area (TPSA) is 78.9 Å². The number of anilines is 1. The number of hydrogen-bond acceptors (Lipinski definition) is 4. The summed E-state index contributed by atoms with van der Waals surface area (Å²) in [6.45, 7) is 2.10. The van der Waals surface area contributed by atoms with Crippen molar-refractivity contribution in [1.29, 1.82) is 0 Å². The lowest BCUT2D eigenvalue weighted by molar-refractivity contribution is 0.0946. The maximum Gasteiger partial charge on any atom is 0.270 e. The van der Waals surface area contributed by atoms with E-state index in [0.29, 0.717) is 16.4 Å². The highest BCUT2D eigenvalue weighted by Gasteiger charge is 2.14. The third kappa shape index (κ3) is 4.84. The van der Waals surface area contributed by atoms with Crippen molar-refractivity contribution in [3.05, 3.63) is 90.3 Å². The van der Waals surface area contributed by atoms with Gasteiger partial charge in [0.15, 0.2) is 5.11 Å². The second kappa shape index (κ2) is 9.32. The highest BCUT2D eigenvalue weighted by Crippen LogP contribution is 2.24. The fraction of sp³-hybridized carbons (Fsp3) is 0.0833. The van der Waals surface area contributed by atoms with Crippen molar-refractivity contribution in [2.75, 3.05) is 5.32 Å². The largest absolute Gasteiger partial charge is 0.331 e. The Hall–Kier alpha value is -3.84. The molecule has 4 rings (SSSR count). The van der Waals surface area contributed by atoms with Crippen LogP contribution in [-0.4, -0.2) is 21.0 Å². The number of thiocarbonyl (C=S) groups is 1. The molecule has 0 aliphatic heterocycles. The Morgan fingerprint density at radius 1 is 0.968 bits per heavy atom. The second-order valence-corrected chi connectivity index (χ2v) is 7.30. The number of fused-ring (bicyclic) bond motifs is 1. The van der Waals surface area contributed by atoms with Gasteiger partial charge in [0.2, 0.25) is 0 Å². The van der Waals surface area contributed by atoms with Gasteiger partial charge in [-0.1, -0.05) is 37.3 Å². The predicted molar refractivity (Wildman–Crippen MR) is 128 cm³/mol. The van der Waals surface area contributed by atoms with Gasteiger partial charge in [-0.15, -0.1) is 0 Å². The Kier molecular flexibility index (Phi) is 6.14. The average Bonchev–Trinajstić information content (AvgIpc) is 2.83. The van der Waals surface area contributed by atoms with Crippen LogP contribution in [0, 0.1) is 0 Å². The van der Waals surface area contributed by atoms with Crippen LogP contribution in [0.1, 0.15) is 22.8 Å². The van der Waals surface area contributed by atoms with E-state index in [4.69, 9.17) is 12.2 Å². The van der Waals surface area contributed by atoms with Crippen LogP contribution in [-0.2, 0) is 6.42 Å². The van der Waals surface area contributed by atoms with E-state index in [9.17, 15) is 4.79 Å². The van der Waals surface area contributed by atoms with Crippen LogP contribution >= 0.6 is 12.2 Å².